The standard InChI is InChI=1S/C29H26N4O4S/c34-26-24(17-10-18-30-26)37-33-25(27(35)36)23-19-38-28(31-23)32-29(20-11-4-1-5-12-20,21-13-6-2-7-14-21)22-15-8-3-9-16-22/h1-9,11-16,19,24H,10,17-18H2,(H,30,34)(H,31,32)(H,35,36). The van der Waals surface area contributed by atoms with Gasteiger partial charge in [-0.1, -0.05) is 96.2 Å². The van der Waals surface area contributed by atoms with Gasteiger partial charge in [-0.05, 0) is 29.5 Å². The third-order valence-corrected chi connectivity index (χ3v) is 7.13. The number of amides is 1. The maximum absolute atomic E-state index is 12.0. The number of nitrogens with zero attached hydrogens (tertiary/aromatic N) is 2. The Morgan fingerprint density at radius 3 is 2.03 bits per heavy atom. The Bertz CT molecular complexity index is 1330. The molecule has 38 heavy (non-hydrogen) atoms. The number of oxime groups is 1. The monoisotopic (exact) mass is 526 g/mol. The molecule has 192 valence electrons. The molecule has 1 amide bonds. The highest BCUT2D eigenvalue weighted by Crippen LogP contribution is 2.40. The fraction of sp³-hybridized carbons (Fsp3) is 0.172. The van der Waals surface area contributed by atoms with Crippen molar-refractivity contribution < 1.29 is 19.5 Å². The first kappa shape index (κ1) is 25.2. The zero-order chi connectivity index (χ0) is 26.4. The van der Waals surface area contributed by atoms with Crippen molar-refractivity contribution in [3.05, 3.63) is 119 Å². The molecular weight excluding hydrogens is 500 g/mol. The van der Waals surface area contributed by atoms with E-state index in [1.165, 1.54) is 11.3 Å². The number of carbonyl (C=O) groups is 2. The molecule has 0 bridgehead atoms. The van der Waals surface area contributed by atoms with E-state index in [1.807, 2.05) is 54.6 Å². The first-order chi connectivity index (χ1) is 18.6. The lowest BCUT2D eigenvalue weighted by atomic mass is 9.77. The van der Waals surface area contributed by atoms with Crippen molar-refractivity contribution in [2.75, 3.05) is 11.9 Å². The van der Waals surface area contributed by atoms with Gasteiger partial charge in [0.25, 0.3) is 5.91 Å². The molecule has 2 heterocycles. The Morgan fingerprint density at radius 1 is 0.974 bits per heavy atom. The summed E-state index contributed by atoms with van der Waals surface area (Å²) in [5, 5.41) is 22.1. The summed E-state index contributed by atoms with van der Waals surface area (Å²) in [7, 11) is 0. The number of benzene rings is 3. The summed E-state index contributed by atoms with van der Waals surface area (Å²) in [6.07, 6.45) is 0.385. The van der Waals surface area contributed by atoms with Crippen LogP contribution in [0.3, 0.4) is 0 Å². The van der Waals surface area contributed by atoms with Crippen LogP contribution < -0.4 is 10.6 Å². The van der Waals surface area contributed by atoms with Crippen molar-refractivity contribution in [1.29, 1.82) is 0 Å². The third kappa shape index (κ3) is 5.14. The number of aromatic nitrogens is 1. The predicted octanol–water partition coefficient (Wildman–Crippen LogP) is 4.63. The number of rotatable bonds is 9. The van der Waals surface area contributed by atoms with Gasteiger partial charge in [-0.25, -0.2) is 9.78 Å². The maximum Gasteiger partial charge on any atom is 0.360 e. The maximum atomic E-state index is 12.0. The fourth-order valence-electron chi connectivity index (χ4n) is 4.54. The molecule has 8 nitrogen and oxygen atoms in total. The molecule has 5 rings (SSSR count). The van der Waals surface area contributed by atoms with Crippen molar-refractivity contribution in [3.8, 4) is 0 Å². The van der Waals surface area contributed by atoms with Crippen LogP contribution in [0.15, 0.2) is 102 Å². The number of aliphatic carboxylic acids is 1. The van der Waals surface area contributed by atoms with Gasteiger partial charge < -0.3 is 20.6 Å². The second-order valence-corrected chi connectivity index (χ2v) is 9.64. The second kappa shape index (κ2) is 11.3. The minimum absolute atomic E-state index is 0.143. The molecule has 3 aromatic carbocycles. The molecule has 1 unspecified atom stereocenters. The van der Waals surface area contributed by atoms with E-state index in [0.717, 1.165) is 23.1 Å². The van der Waals surface area contributed by atoms with Gasteiger partial charge in [0.05, 0.1) is 0 Å². The number of thiazole rings is 1. The lowest BCUT2D eigenvalue weighted by molar-refractivity contribution is -0.136. The Hall–Kier alpha value is -4.50. The second-order valence-electron chi connectivity index (χ2n) is 8.78. The average Bonchev–Trinajstić information content (AvgIpc) is 3.42. The van der Waals surface area contributed by atoms with E-state index in [2.05, 4.69) is 57.2 Å². The van der Waals surface area contributed by atoms with E-state index >= 15 is 0 Å². The van der Waals surface area contributed by atoms with Crippen molar-refractivity contribution in [1.82, 2.24) is 10.3 Å². The van der Waals surface area contributed by atoms with Gasteiger partial charge in [-0.2, -0.15) is 0 Å². The molecule has 9 heteroatoms. The molecule has 4 aromatic rings. The number of nitrogens with one attached hydrogen (secondary N) is 2. The van der Waals surface area contributed by atoms with Crippen LogP contribution in [-0.2, 0) is 20.0 Å². The first-order valence-electron chi connectivity index (χ1n) is 12.2. The Labute approximate surface area is 224 Å². The number of hydrogen-bond acceptors (Lipinski definition) is 7. The van der Waals surface area contributed by atoms with E-state index in [0.29, 0.717) is 18.1 Å². The van der Waals surface area contributed by atoms with E-state index in [9.17, 15) is 14.7 Å². The third-order valence-electron chi connectivity index (χ3n) is 6.37. The predicted molar refractivity (Wildman–Crippen MR) is 146 cm³/mol. The molecule has 0 radical (unpaired) electrons. The van der Waals surface area contributed by atoms with Crippen LogP contribution >= 0.6 is 11.3 Å². The lowest BCUT2D eigenvalue weighted by Gasteiger charge is -2.36. The minimum atomic E-state index is -1.29. The van der Waals surface area contributed by atoms with Crippen LogP contribution in [0, 0.1) is 0 Å². The Kier molecular flexibility index (Phi) is 7.46. The molecule has 1 saturated heterocycles. The Morgan fingerprint density at radius 2 is 1.53 bits per heavy atom. The van der Waals surface area contributed by atoms with E-state index in [1.54, 1.807) is 5.38 Å². The van der Waals surface area contributed by atoms with Crippen molar-refractivity contribution in [2.24, 2.45) is 5.16 Å². The normalized spacial score (nSPS) is 15.9. The van der Waals surface area contributed by atoms with E-state index < -0.39 is 17.6 Å². The van der Waals surface area contributed by atoms with Crippen LogP contribution in [0.25, 0.3) is 0 Å². The molecule has 0 aliphatic carbocycles. The number of carboxylic acids is 1. The van der Waals surface area contributed by atoms with Crippen LogP contribution in [0.4, 0.5) is 5.13 Å². The number of anilines is 1. The van der Waals surface area contributed by atoms with Gasteiger partial charge in [0, 0.05) is 11.9 Å². The molecule has 1 atom stereocenters. The molecule has 1 aromatic heterocycles. The molecule has 1 fully saturated rings. The van der Waals surface area contributed by atoms with Crippen LogP contribution in [0.5, 0.6) is 0 Å². The van der Waals surface area contributed by atoms with Crippen molar-refractivity contribution in [2.45, 2.75) is 24.5 Å². The van der Waals surface area contributed by atoms with Crippen molar-refractivity contribution in [3.63, 3.8) is 0 Å². The van der Waals surface area contributed by atoms with Gasteiger partial charge >= 0.3 is 5.97 Å². The van der Waals surface area contributed by atoms with Crippen LogP contribution in [0.2, 0.25) is 0 Å². The number of hydrogen-bond donors (Lipinski definition) is 3. The summed E-state index contributed by atoms with van der Waals surface area (Å²) in [6.45, 7) is 0.571. The quantitative estimate of drug-likeness (QED) is 0.167. The first-order valence-corrected chi connectivity index (χ1v) is 13.1. The zero-order valence-electron chi connectivity index (χ0n) is 20.4. The van der Waals surface area contributed by atoms with E-state index in [-0.39, 0.29) is 17.3 Å². The largest absolute Gasteiger partial charge is 0.476 e. The van der Waals surface area contributed by atoms with Crippen LogP contribution in [0.1, 0.15) is 35.2 Å². The smallest absolute Gasteiger partial charge is 0.360 e. The molecule has 0 saturated carbocycles. The summed E-state index contributed by atoms with van der Waals surface area (Å²) >= 11 is 1.27. The molecule has 3 N–H and O–H groups in total. The fourth-order valence-corrected chi connectivity index (χ4v) is 5.29. The topological polar surface area (TPSA) is 113 Å². The van der Waals surface area contributed by atoms with Gasteiger partial charge in [0.2, 0.25) is 11.8 Å². The van der Waals surface area contributed by atoms with Crippen LogP contribution in [-0.4, -0.2) is 40.3 Å². The molecular formula is C29H26N4O4S. The van der Waals surface area contributed by atoms with Gasteiger partial charge in [-0.15, -0.1) is 11.3 Å². The average molecular weight is 527 g/mol. The Balaban J connectivity index is 1.55. The molecule has 1 aliphatic rings. The number of carboxylic acid groups (broad SMARTS) is 1. The number of carbonyl (C=O) groups excluding carboxylic acids is 1. The molecule has 0 spiro atoms. The molecule has 1 aliphatic heterocycles. The summed E-state index contributed by atoms with van der Waals surface area (Å²) in [5.41, 5.74) is 1.95. The highest BCUT2D eigenvalue weighted by atomic mass is 32.1. The lowest BCUT2D eigenvalue weighted by Crippen LogP contribution is -2.41. The van der Waals surface area contributed by atoms with Crippen molar-refractivity contribution >= 4 is 34.1 Å². The van der Waals surface area contributed by atoms with Gasteiger partial charge in [0.1, 0.15) is 11.2 Å². The van der Waals surface area contributed by atoms with E-state index in [4.69, 9.17) is 4.84 Å². The summed E-state index contributed by atoms with van der Waals surface area (Å²) in [4.78, 5) is 34.0. The summed E-state index contributed by atoms with van der Waals surface area (Å²) < 4.78 is 0. The number of piperidine rings is 1. The summed E-state index contributed by atoms with van der Waals surface area (Å²) in [6, 6.07) is 30.1. The zero-order valence-corrected chi connectivity index (χ0v) is 21.2. The van der Waals surface area contributed by atoms with Gasteiger partial charge in [0.15, 0.2) is 5.13 Å². The van der Waals surface area contributed by atoms with Gasteiger partial charge in [-0.3, -0.25) is 4.79 Å². The summed E-state index contributed by atoms with van der Waals surface area (Å²) in [5.74, 6) is -1.60. The highest BCUT2D eigenvalue weighted by Gasteiger charge is 2.37. The minimum Gasteiger partial charge on any atom is -0.476 e. The highest BCUT2D eigenvalue weighted by molar-refractivity contribution is 7.14. The SMILES string of the molecule is O=C(O)C(=NOC1CCCNC1=O)c1csc(NC(c2ccccc2)(c2ccccc2)c2ccccc2)n1.